The molecule has 1 heterocycles. The minimum absolute atomic E-state index is 0. The molecule has 0 aromatic heterocycles. The van der Waals surface area contributed by atoms with Crippen LogP contribution in [0, 0.1) is 0 Å². The van der Waals surface area contributed by atoms with Crippen molar-refractivity contribution in [3.05, 3.63) is 60.2 Å². The Kier molecular flexibility index (Phi) is 5.78. The van der Waals surface area contributed by atoms with Crippen LogP contribution >= 0.6 is 12.4 Å². The molecule has 1 aliphatic rings. The lowest BCUT2D eigenvalue weighted by Gasteiger charge is -2.23. The monoisotopic (exact) mass is 380 g/mol. The Hall–Kier alpha value is -2.42. The van der Waals surface area contributed by atoms with E-state index in [-0.39, 0.29) is 23.8 Å². The molecular formula is C16H17ClN4O3S. The van der Waals surface area contributed by atoms with Crippen LogP contribution in [0.3, 0.4) is 0 Å². The van der Waals surface area contributed by atoms with E-state index in [9.17, 15) is 13.2 Å². The Bertz CT molecular complexity index is 887. The van der Waals surface area contributed by atoms with Gasteiger partial charge in [0, 0.05) is 12.6 Å². The predicted molar refractivity (Wildman–Crippen MR) is 97.6 cm³/mol. The number of hydrogen-bond donors (Lipinski definition) is 2. The lowest BCUT2D eigenvalue weighted by molar-refractivity contribution is 0.234. The lowest BCUT2D eigenvalue weighted by Crippen LogP contribution is -2.45. The first-order valence-corrected chi connectivity index (χ1v) is 8.70. The molecule has 0 spiro atoms. The standard InChI is InChI=1S/C16H16N4O3S.ClH/c17-13(12-6-2-1-3-7-12)10-18-16(21)20-11-19-14-8-4-5-9-15(14)24(20,22)23;/h1-9,11,13H,10,17H2,(H,18,21);1H. The Morgan fingerprint density at radius 2 is 1.76 bits per heavy atom. The summed E-state index contributed by atoms with van der Waals surface area (Å²) in [5, 5.41) is 2.53. The third-order valence-corrected chi connectivity index (χ3v) is 5.28. The van der Waals surface area contributed by atoms with Gasteiger partial charge in [0.2, 0.25) is 0 Å². The van der Waals surface area contributed by atoms with Gasteiger partial charge < -0.3 is 11.1 Å². The number of nitrogens with two attached hydrogens (primary N) is 1. The highest BCUT2D eigenvalue weighted by Crippen LogP contribution is 2.29. The molecule has 0 aliphatic carbocycles. The number of rotatable bonds is 3. The minimum atomic E-state index is -3.96. The van der Waals surface area contributed by atoms with Crippen molar-refractivity contribution in [3.63, 3.8) is 0 Å². The predicted octanol–water partition coefficient (Wildman–Crippen LogP) is 2.18. The van der Waals surface area contributed by atoms with Crippen molar-refractivity contribution in [2.45, 2.75) is 10.9 Å². The summed E-state index contributed by atoms with van der Waals surface area (Å²) in [7, 11) is -3.96. The van der Waals surface area contributed by atoms with Gasteiger partial charge in [0.1, 0.15) is 11.2 Å². The molecule has 0 radical (unpaired) electrons. The van der Waals surface area contributed by atoms with Gasteiger partial charge in [-0.05, 0) is 17.7 Å². The second-order valence-corrected chi connectivity index (χ2v) is 7.00. The molecule has 1 atom stereocenters. The number of aliphatic imine (C=N–C) groups is 1. The number of hydrogen-bond acceptors (Lipinski definition) is 5. The van der Waals surface area contributed by atoms with Gasteiger partial charge in [0.05, 0.1) is 5.69 Å². The zero-order chi connectivity index (χ0) is 17.2. The molecule has 2 amide bonds. The molecule has 3 N–H and O–H groups in total. The van der Waals surface area contributed by atoms with Crippen LogP contribution in [0.5, 0.6) is 0 Å². The number of amides is 2. The van der Waals surface area contributed by atoms with Crippen LogP contribution in [0.1, 0.15) is 11.6 Å². The topological polar surface area (TPSA) is 105 Å². The molecule has 132 valence electrons. The first-order chi connectivity index (χ1) is 11.5. The van der Waals surface area contributed by atoms with Gasteiger partial charge in [0.15, 0.2) is 0 Å². The van der Waals surface area contributed by atoms with E-state index in [0.29, 0.717) is 9.99 Å². The highest BCUT2D eigenvalue weighted by atomic mass is 35.5. The molecule has 2 aromatic carbocycles. The lowest BCUT2D eigenvalue weighted by atomic mass is 10.1. The third-order valence-electron chi connectivity index (χ3n) is 3.60. The number of nitrogens with zero attached hydrogens (tertiary/aromatic N) is 2. The quantitative estimate of drug-likeness (QED) is 0.851. The smallest absolute Gasteiger partial charge is 0.335 e. The number of benzene rings is 2. The Morgan fingerprint density at radius 1 is 1.12 bits per heavy atom. The molecule has 0 saturated heterocycles. The molecule has 1 aliphatic heterocycles. The second kappa shape index (κ2) is 7.64. The SMILES string of the molecule is Cl.NC(CNC(=O)N1C=Nc2ccccc2S1(=O)=O)c1ccccc1. The molecular weight excluding hydrogens is 364 g/mol. The number of sulfonamides is 1. The summed E-state index contributed by atoms with van der Waals surface area (Å²) in [5.41, 5.74) is 7.15. The molecule has 25 heavy (non-hydrogen) atoms. The molecule has 3 rings (SSSR count). The maximum atomic E-state index is 12.5. The van der Waals surface area contributed by atoms with Gasteiger partial charge in [0.25, 0.3) is 10.0 Å². The number of fused-ring (bicyclic) bond motifs is 1. The van der Waals surface area contributed by atoms with Crippen molar-refractivity contribution >= 4 is 40.5 Å². The fourth-order valence-corrected chi connectivity index (χ4v) is 3.62. The van der Waals surface area contributed by atoms with E-state index < -0.39 is 22.1 Å². The van der Waals surface area contributed by atoms with Gasteiger partial charge in [-0.25, -0.2) is 18.2 Å². The van der Waals surface area contributed by atoms with E-state index in [1.807, 2.05) is 30.3 Å². The van der Waals surface area contributed by atoms with E-state index >= 15 is 0 Å². The Balaban J connectivity index is 0.00000225. The van der Waals surface area contributed by atoms with Gasteiger partial charge in [-0.2, -0.15) is 4.31 Å². The zero-order valence-corrected chi connectivity index (χ0v) is 14.7. The minimum Gasteiger partial charge on any atom is -0.335 e. The van der Waals surface area contributed by atoms with Crippen molar-refractivity contribution in [1.82, 2.24) is 9.62 Å². The second-order valence-electron chi connectivity index (χ2n) is 5.22. The van der Waals surface area contributed by atoms with Crippen molar-refractivity contribution in [2.75, 3.05) is 6.54 Å². The van der Waals surface area contributed by atoms with Crippen LogP contribution in [0.4, 0.5) is 10.5 Å². The fraction of sp³-hybridized carbons (Fsp3) is 0.125. The van der Waals surface area contributed by atoms with Crippen LogP contribution in [0.25, 0.3) is 0 Å². The number of urea groups is 1. The number of halogens is 1. The Morgan fingerprint density at radius 3 is 2.48 bits per heavy atom. The van der Waals surface area contributed by atoms with Gasteiger partial charge in [-0.1, -0.05) is 42.5 Å². The largest absolute Gasteiger partial charge is 0.336 e. The first kappa shape index (κ1) is 18.9. The van der Waals surface area contributed by atoms with Crippen molar-refractivity contribution in [1.29, 1.82) is 0 Å². The van der Waals surface area contributed by atoms with Gasteiger partial charge in [-0.3, -0.25) is 0 Å². The summed E-state index contributed by atoms with van der Waals surface area (Å²) in [6.45, 7) is 0.102. The van der Waals surface area contributed by atoms with Crippen LogP contribution < -0.4 is 11.1 Å². The van der Waals surface area contributed by atoms with Crippen LogP contribution in [0.2, 0.25) is 0 Å². The number of para-hydroxylation sites is 1. The van der Waals surface area contributed by atoms with Crippen LogP contribution in [-0.2, 0) is 10.0 Å². The summed E-state index contributed by atoms with van der Waals surface area (Å²) < 4.78 is 25.6. The van der Waals surface area contributed by atoms with Crippen molar-refractivity contribution in [2.24, 2.45) is 10.7 Å². The van der Waals surface area contributed by atoms with Gasteiger partial charge in [-0.15, -0.1) is 12.4 Å². The summed E-state index contributed by atoms with van der Waals surface area (Å²) in [5.74, 6) is 0. The van der Waals surface area contributed by atoms with Crippen LogP contribution in [0.15, 0.2) is 64.5 Å². The highest BCUT2D eigenvalue weighted by Gasteiger charge is 2.33. The van der Waals surface area contributed by atoms with E-state index in [4.69, 9.17) is 5.73 Å². The summed E-state index contributed by atoms with van der Waals surface area (Å²) in [4.78, 5) is 16.2. The molecule has 0 fully saturated rings. The summed E-state index contributed by atoms with van der Waals surface area (Å²) >= 11 is 0. The average molecular weight is 381 g/mol. The van der Waals surface area contributed by atoms with E-state index in [1.54, 1.807) is 18.2 Å². The maximum absolute atomic E-state index is 12.5. The highest BCUT2D eigenvalue weighted by molar-refractivity contribution is 7.90. The molecule has 9 heteroatoms. The number of carbonyl (C=O) groups is 1. The molecule has 0 bridgehead atoms. The zero-order valence-electron chi connectivity index (χ0n) is 13.1. The fourth-order valence-electron chi connectivity index (χ4n) is 2.32. The van der Waals surface area contributed by atoms with E-state index in [0.717, 1.165) is 11.9 Å². The summed E-state index contributed by atoms with van der Waals surface area (Å²) in [6.07, 6.45) is 1.00. The van der Waals surface area contributed by atoms with Crippen molar-refractivity contribution in [3.8, 4) is 0 Å². The number of carbonyl (C=O) groups excluding carboxylic acids is 1. The van der Waals surface area contributed by atoms with E-state index in [1.165, 1.54) is 6.07 Å². The maximum Gasteiger partial charge on any atom is 0.336 e. The molecule has 1 unspecified atom stereocenters. The normalized spacial score (nSPS) is 15.6. The van der Waals surface area contributed by atoms with Crippen LogP contribution in [-0.4, -0.2) is 31.6 Å². The first-order valence-electron chi connectivity index (χ1n) is 7.26. The third kappa shape index (κ3) is 3.81. The summed E-state index contributed by atoms with van der Waals surface area (Å²) in [6, 6.07) is 14.2. The average Bonchev–Trinajstić information content (AvgIpc) is 2.60. The molecule has 7 nitrogen and oxygen atoms in total. The Labute approximate surface area is 152 Å². The van der Waals surface area contributed by atoms with E-state index in [2.05, 4.69) is 10.3 Å². The number of nitrogens with one attached hydrogen (secondary N) is 1. The molecule has 0 saturated carbocycles. The molecule has 2 aromatic rings. The van der Waals surface area contributed by atoms with Gasteiger partial charge >= 0.3 is 6.03 Å². The van der Waals surface area contributed by atoms with Crippen molar-refractivity contribution < 1.29 is 13.2 Å².